The molecule has 0 aromatic carbocycles. The highest BCUT2D eigenvalue weighted by Gasteiger charge is 2.23. The summed E-state index contributed by atoms with van der Waals surface area (Å²) in [4.78, 5) is 25.6. The van der Waals surface area contributed by atoms with Crippen molar-refractivity contribution < 1.29 is 32.9 Å². The smallest absolute Gasteiger partial charge is 0.268 e. The number of allylic oxidation sites excluding steroid dienone is 9. The van der Waals surface area contributed by atoms with E-state index in [1.807, 2.05) is 27.2 Å². The third-order valence-corrected chi connectivity index (χ3v) is 16.7. The Morgan fingerprint density at radius 1 is 0.450 bits per heavy atom. The molecular formula is C71H135N2O6P. The first-order valence-corrected chi connectivity index (χ1v) is 36.1. The number of phosphoric ester groups is 1. The number of hydrogen-bond acceptors (Lipinski definition) is 6. The largest absolute Gasteiger partial charge is 0.756 e. The maximum absolute atomic E-state index is 13.0. The van der Waals surface area contributed by atoms with Crippen molar-refractivity contribution in [3.8, 4) is 0 Å². The summed E-state index contributed by atoms with van der Waals surface area (Å²) in [5.74, 6) is -0.194. The lowest BCUT2D eigenvalue weighted by Gasteiger charge is -2.29. The van der Waals surface area contributed by atoms with Gasteiger partial charge in [0.25, 0.3) is 7.82 Å². The molecule has 80 heavy (non-hydrogen) atoms. The van der Waals surface area contributed by atoms with Gasteiger partial charge in [0.15, 0.2) is 0 Å². The predicted octanol–water partition coefficient (Wildman–Crippen LogP) is 21.4. The first-order chi connectivity index (χ1) is 39.0. The predicted molar refractivity (Wildman–Crippen MR) is 348 cm³/mol. The highest BCUT2D eigenvalue weighted by molar-refractivity contribution is 7.45. The normalized spacial score (nSPS) is 14.0. The number of unbranched alkanes of at least 4 members (excludes halogenated alkanes) is 43. The topological polar surface area (TPSA) is 108 Å². The van der Waals surface area contributed by atoms with Crippen LogP contribution in [0.5, 0.6) is 0 Å². The summed E-state index contributed by atoms with van der Waals surface area (Å²) in [5.41, 5.74) is 0. The Balaban J connectivity index is 4.07. The Hall–Kier alpha value is -1.80. The van der Waals surface area contributed by atoms with Crippen molar-refractivity contribution >= 4 is 13.7 Å². The van der Waals surface area contributed by atoms with E-state index in [1.54, 1.807) is 6.08 Å². The van der Waals surface area contributed by atoms with Crippen LogP contribution in [-0.2, 0) is 18.4 Å². The van der Waals surface area contributed by atoms with Crippen LogP contribution in [-0.4, -0.2) is 68.5 Å². The maximum Gasteiger partial charge on any atom is 0.268 e. The van der Waals surface area contributed by atoms with Crippen LogP contribution >= 0.6 is 7.82 Å². The first kappa shape index (κ1) is 78.2. The minimum absolute atomic E-state index is 0.000987. The van der Waals surface area contributed by atoms with Gasteiger partial charge in [-0.05, 0) is 57.8 Å². The summed E-state index contributed by atoms with van der Waals surface area (Å²) in [6.45, 7) is 4.58. The fourth-order valence-corrected chi connectivity index (χ4v) is 11.1. The number of carbonyl (C=O) groups is 1. The SMILES string of the molecule is CC/C=C\C/C=C\C/C=C\C/C=C\CCCCCCCCCCCCCCCCCCC(=O)NC(COP(=O)([O-])OCC[N+](C)(C)C)C(O)/C=C/CCCCCCCCCCCCCCCCCCCCCCCCCCCCC. The second-order valence-electron chi connectivity index (χ2n) is 24.9. The van der Waals surface area contributed by atoms with Crippen molar-refractivity contribution in [3.63, 3.8) is 0 Å². The average Bonchev–Trinajstić information content (AvgIpc) is 3.42. The van der Waals surface area contributed by atoms with Crippen LogP contribution in [0.3, 0.4) is 0 Å². The molecule has 3 unspecified atom stereocenters. The molecule has 0 aromatic rings. The minimum Gasteiger partial charge on any atom is -0.756 e. The number of carbonyl (C=O) groups excluding carboxylic acids is 1. The van der Waals surface area contributed by atoms with Gasteiger partial charge in [-0.25, -0.2) is 0 Å². The number of hydrogen-bond donors (Lipinski definition) is 2. The molecule has 0 heterocycles. The van der Waals surface area contributed by atoms with Gasteiger partial charge in [0.1, 0.15) is 13.2 Å². The van der Waals surface area contributed by atoms with E-state index < -0.39 is 20.0 Å². The van der Waals surface area contributed by atoms with E-state index in [2.05, 4.69) is 67.8 Å². The van der Waals surface area contributed by atoms with E-state index >= 15 is 0 Å². The number of aliphatic hydroxyl groups is 1. The van der Waals surface area contributed by atoms with Crippen LogP contribution in [0.25, 0.3) is 0 Å². The van der Waals surface area contributed by atoms with Crippen LogP contribution in [0.2, 0.25) is 0 Å². The van der Waals surface area contributed by atoms with Gasteiger partial charge in [-0.2, -0.15) is 0 Å². The molecule has 2 N–H and O–H groups in total. The molecule has 0 saturated heterocycles. The molecule has 0 aliphatic carbocycles. The third-order valence-electron chi connectivity index (χ3n) is 15.7. The van der Waals surface area contributed by atoms with Crippen LogP contribution in [0, 0.1) is 0 Å². The molecule has 0 radical (unpaired) electrons. The molecule has 3 atom stereocenters. The number of rotatable bonds is 64. The van der Waals surface area contributed by atoms with E-state index in [9.17, 15) is 19.4 Å². The summed E-state index contributed by atoms with van der Waals surface area (Å²) in [7, 11) is 1.27. The number of nitrogens with zero attached hydrogens (tertiary/aromatic N) is 1. The Labute approximate surface area is 498 Å². The lowest BCUT2D eigenvalue weighted by atomic mass is 10.0. The molecule has 0 rings (SSSR count). The Kier molecular flexibility index (Phi) is 60.4. The number of phosphoric acid groups is 1. The van der Waals surface area contributed by atoms with E-state index in [0.29, 0.717) is 17.4 Å². The summed E-state index contributed by atoms with van der Waals surface area (Å²) in [6.07, 6.45) is 84.8. The number of aliphatic hydroxyl groups excluding tert-OH is 1. The zero-order valence-corrected chi connectivity index (χ0v) is 54.7. The standard InChI is InChI=1S/C71H135N2O6P/c1-6-8-10-12-14-16-18-20-22-24-26-28-30-32-34-36-38-40-42-44-46-48-50-52-54-56-58-60-62-64-70(74)69(68-79-80(76,77)78-67-66-73(3,4)5)72-71(75)65-63-61-59-57-55-53-51-49-47-45-43-41-39-37-35-33-31-29-27-25-23-21-19-17-15-13-11-9-7-2/h9,11,15,17,21,23,27,29,62,64,69-70,74H,6-8,10,12-14,16,18-20,22,24-26,28,30-61,63,65-68H2,1-5H3,(H-,72,75,76,77)/b11-9-,17-15-,23-21-,29-27-,64-62+. The Morgan fingerprint density at radius 3 is 1.11 bits per heavy atom. The van der Waals surface area contributed by atoms with Crippen LogP contribution in [0.1, 0.15) is 335 Å². The fraction of sp³-hybridized carbons (Fsp3) is 0.845. The molecule has 0 spiro atoms. The zero-order valence-electron chi connectivity index (χ0n) is 53.8. The number of likely N-dealkylation sites (N-methyl/N-ethyl adjacent to an activating group) is 1. The molecule has 0 fully saturated rings. The highest BCUT2D eigenvalue weighted by atomic mass is 31.2. The second-order valence-corrected chi connectivity index (χ2v) is 26.3. The van der Waals surface area contributed by atoms with E-state index in [0.717, 1.165) is 64.2 Å². The van der Waals surface area contributed by atoms with Gasteiger partial charge in [0, 0.05) is 6.42 Å². The molecule has 0 bridgehead atoms. The Morgan fingerprint density at radius 2 is 0.762 bits per heavy atom. The summed E-state index contributed by atoms with van der Waals surface area (Å²) < 4.78 is 23.5. The lowest BCUT2D eigenvalue weighted by Crippen LogP contribution is -2.45. The molecular weight excluding hydrogens is 1010 g/mol. The summed E-state index contributed by atoms with van der Waals surface area (Å²) in [6, 6.07) is -0.890. The molecule has 470 valence electrons. The molecule has 1 amide bonds. The van der Waals surface area contributed by atoms with Crippen LogP contribution in [0.4, 0.5) is 0 Å². The molecule has 9 heteroatoms. The summed E-state index contributed by atoms with van der Waals surface area (Å²) >= 11 is 0. The van der Waals surface area contributed by atoms with Gasteiger partial charge in [-0.15, -0.1) is 0 Å². The van der Waals surface area contributed by atoms with Gasteiger partial charge in [0.05, 0.1) is 39.9 Å². The van der Waals surface area contributed by atoms with Gasteiger partial charge >= 0.3 is 0 Å². The van der Waals surface area contributed by atoms with Crippen molar-refractivity contribution in [2.24, 2.45) is 0 Å². The van der Waals surface area contributed by atoms with Crippen molar-refractivity contribution in [3.05, 3.63) is 60.8 Å². The number of nitrogens with one attached hydrogen (secondary N) is 1. The van der Waals surface area contributed by atoms with Crippen LogP contribution in [0.15, 0.2) is 60.8 Å². The molecule has 8 nitrogen and oxygen atoms in total. The lowest BCUT2D eigenvalue weighted by molar-refractivity contribution is -0.870. The second kappa shape index (κ2) is 61.8. The van der Waals surface area contributed by atoms with Crippen molar-refractivity contribution in [1.29, 1.82) is 0 Å². The molecule has 0 aliphatic heterocycles. The minimum atomic E-state index is -4.60. The third kappa shape index (κ3) is 63.8. The molecule has 0 aromatic heterocycles. The number of quaternary nitrogens is 1. The highest BCUT2D eigenvalue weighted by Crippen LogP contribution is 2.38. The van der Waals surface area contributed by atoms with E-state index in [4.69, 9.17) is 9.05 Å². The van der Waals surface area contributed by atoms with Gasteiger partial charge in [-0.3, -0.25) is 9.36 Å². The van der Waals surface area contributed by atoms with Crippen LogP contribution < -0.4 is 10.2 Å². The first-order valence-electron chi connectivity index (χ1n) is 34.7. The van der Waals surface area contributed by atoms with Crippen molar-refractivity contribution in [2.45, 2.75) is 347 Å². The molecule has 0 aliphatic rings. The van der Waals surface area contributed by atoms with Crippen molar-refractivity contribution in [1.82, 2.24) is 5.32 Å². The van der Waals surface area contributed by atoms with Gasteiger partial charge in [-0.1, -0.05) is 331 Å². The van der Waals surface area contributed by atoms with Crippen molar-refractivity contribution in [2.75, 3.05) is 40.9 Å². The van der Waals surface area contributed by atoms with E-state index in [1.165, 1.54) is 250 Å². The van der Waals surface area contributed by atoms with Gasteiger partial charge < -0.3 is 28.8 Å². The fourth-order valence-electron chi connectivity index (χ4n) is 10.4. The van der Waals surface area contributed by atoms with E-state index in [-0.39, 0.29) is 19.1 Å². The quantitative estimate of drug-likeness (QED) is 0.0272. The maximum atomic E-state index is 13.0. The number of amides is 1. The average molecular weight is 1140 g/mol. The molecule has 0 saturated carbocycles. The summed E-state index contributed by atoms with van der Waals surface area (Å²) in [5, 5.41) is 14.0. The van der Waals surface area contributed by atoms with Gasteiger partial charge in [0.2, 0.25) is 5.91 Å². The Bertz CT molecular complexity index is 1490. The monoisotopic (exact) mass is 1140 g/mol. The zero-order chi connectivity index (χ0) is 58.4.